The summed E-state index contributed by atoms with van der Waals surface area (Å²) in [7, 11) is 0. The van der Waals surface area contributed by atoms with Gasteiger partial charge in [-0.15, -0.1) is 0 Å². The van der Waals surface area contributed by atoms with Crippen molar-refractivity contribution in [2.75, 3.05) is 0 Å². The van der Waals surface area contributed by atoms with Crippen LogP contribution in [0.25, 0.3) is 0 Å². The maximum absolute atomic E-state index is 11.0. The average Bonchev–Trinajstić information content (AvgIpc) is 2.47. The predicted molar refractivity (Wildman–Crippen MR) is 56.8 cm³/mol. The van der Waals surface area contributed by atoms with Crippen molar-refractivity contribution in [2.24, 2.45) is 0 Å². The fourth-order valence-electron chi connectivity index (χ4n) is 1.13. The molecule has 1 aromatic rings. The number of hydrogen-bond donors (Lipinski definition) is 1. The number of hydrogen-bond acceptors (Lipinski definition) is 3. The van der Waals surface area contributed by atoms with Crippen LogP contribution in [0.4, 0.5) is 0 Å². The van der Waals surface area contributed by atoms with Gasteiger partial charge >= 0.3 is 97.8 Å². The third kappa shape index (κ3) is 2.24. The SMILES string of the molecule is O=C1OC(O)C([Se]c2ccccc2)=C1Cl. The number of carbonyl (C=O) groups is 1. The van der Waals surface area contributed by atoms with Gasteiger partial charge in [0.05, 0.1) is 0 Å². The van der Waals surface area contributed by atoms with Crippen molar-refractivity contribution in [3.63, 3.8) is 0 Å². The molecule has 0 radical (unpaired) electrons. The number of halogens is 1. The van der Waals surface area contributed by atoms with Crippen molar-refractivity contribution in [3.8, 4) is 0 Å². The fourth-order valence-corrected chi connectivity index (χ4v) is 3.29. The maximum atomic E-state index is 11.0. The number of aliphatic hydroxyl groups excluding tert-OH is 1. The molecule has 1 aliphatic heterocycles. The Balaban J connectivity index is 2.23. The van der Waals surface area contributed by atoms with Crippen molar-refractivity contribution in [2.45, 2.75) is 6.29 Å². The molecule has 0 amide bonds. The van der Waals surface area contributed by atoms with E-state index in [-0.39, 0.29) is 20.0 Å². The van der Waals surface area contributed by atoms with E-state index in [1.54, 1.807) is 0 Å². The quantitative estimate of drug-likeness (QED) is 0.631. The second kappa shape index (κ2) is 4.37. The Morgan fingerprint density at radius 2 is 2.00 bits per heavy atom. The Hall–Kier alpha value is -0.801. The predicted octanol–water partition coefficient (Wildman–Crippen LogP) is 0.342. The van der Waals surface area contributed by atoms with Crippen LogP contribution in [0.2, 0.25) is 0 Å². The van der Waals surface area contributed by atoms with Crippen molar-refractivity contribution in [1.29, 1.82) is 0 Å². The topological polar surface area (TPSA) is 46.5 Å². The Morgan fingerprint density at radius 1 is 1.33 bits per heavy atom. The van der Waals surface area contributed by atoms with Gasteiger partial charge in [-0.25, -0.2) is 0 Å². The third-order valence-electron chi connectivity index (χ3n) is 1.81. The minimum absolute atomic E-state index is 0.0198. The van der Waals surface area contributed by atoms with E-state index in [0.29, 0.717) is 4.47 Å². The van der Waals surface area contributed by atoms with Crippen molar-refractivity contribution in [1.82, 2.24) is 0 Å². The molecule has 0 aliphatic carbocycles. The van der Waals surface area contributed by atoms with Crippen LogP contribution in [0.3, 0.4) is 0 Å². The average molecular weight is 290 g/mol. The molecule has 2 rings (SSSR count). The van der Waals surface area contributed by atoms with Crippen molar-refractivity contribution >= 4 is 37.0 Å². The van der Waals surface area contributed by atoms with Gasteiger partial charge in [0.1, 0.15) is 0 Å². The first-order valence-corrected chi connectivity index (χ1v) is 6.29. The third-order valence-corrected chi connectivity index (χ3v) is 4.80. The molecular formula is C10H7ClO3Se. The first-order valence-electron chi connectivity index (χ1n) is 4.20. The Kier molecular flexibility index (Phi) is 3.12. The van der Waals surface area contributed by atoms with Crippen molar-refractivity contribution < 1.29 is 14.6 Å². The van der Waals surface area contributed by atoms with Crippen LogP contribution in [0, 0.1) is 0 Å². The first kappa shape index (κ1) is 10.7. The Morgan fingerprint density at radius 3 is 2.53 bits per heavy atom. The van der Waals surface area contributed by atoms with Gasteiger partial charge in [0, 0.05) is 0 Å². The Bertz CT molecular complexity index is 416. The normalized spacial score (nSPS) is 20.7. The number of cyclic esters (lactones) is 1. The molecule has 1 aromatic carbocycles. The Labute approximate surface area is 97.8 Å². The van der Waals surface area contributed by atoms with E-state index in [1.165, 1.54) is 0 Å². The van der Waals surface area contributed by atoms with Gasteiger partial charge in [-0.1, -0.05) is 0 Å². The molecule has 0 spiro atoms. The monoisotopic (exact) mass is 290 g/mol. The molecular weight excluding hydrogens is 283 g/mol. The molecule has 1 atom stereocenters. The molecule has 1 unspecified atom stereocenters. The second-order valence-electron chi connectivity index (χ2n) is 2.85. The van der Waals surface area contributed by atoms with Gasteiger partial charge in [-0.2, -0.15) is 0 Å². The molecule has 0 saturated heterocycles. The van der Waals surface area contributed by atoms with Crippen LogP contribution in [0.5, 0.6) is 0 Å². The van der Waals surface area contributed by atoms with Gasteiger partial charge in [0.15, 0.2) is 0 Å². The van der Waals surface area contributed by atoms with E-state index in [4.69, 9.17) is 11.6 Å². The van der Waals surface area contributed by atoms with Crippen LogP contribution in [-0.4, -0.2) is 32.3 Å². The molecule has 1 aliphatic rings. The first-order chi connectivity index (χ1) is 7.18. The molecule has 78 valence electrons. The summed E-state index contributed by atoms with van der Waals surface area (Å²) in [4.78, 5) is 11.0. The second-order valence-corrected chi connectivity index (χ2v) is 5.57. The summed E-state index contributed by atoms with van der Waals surface area (Å²) in [5, 5.41) is 9.44. The van der Waals surface area contributed by atoms with E-state index in [9.17, 15) is 9.90 Å². The van der Waals surface area contributed by atoms with Crippen LogP contribution in [0.1, 0.15) is 0 Å². The van der Waals surface area contributed by atoms with Crippen LogP contribution >= 0.6 is 11.6 Å². The molecule has 5 heteroatoms. The van der Waals surface area contributed by atoms with E-state index in [2.05, 4.69) is 4.74 Å². The molecule has 3 nitrogen and oxygen atoms in total. The zero-order chi connectivity index (χ0) is 10.8. The number of benzene rings is 1. The molecule has 0 aromatic heterocycles. The zero-order valence-corrected chi connectivity index (χ0v) is 9.98. The number of rotatable bonds is 2. The zero-order valence-electron chi connectivity index (χ0n) is 7.51. The number of aliphatic hydroxyl groups is 1. The van der Waals surface area contributed by atoms with Gasteiger partial charge in [0.2, 0.25) is 0 Å². The molecule has 0 bridgehead atoms. The van der Waals surface area contributed by atoms with E-state index in [1.807, 2.05) is 30.3 Å². The van der Waals surface area contributed by atoms with Crippen LogP contribution in [-0.2, 0) is 9.53 Å². The standard InChI is InChI=1S/C10H7ClO3Se/c11-7-8(10(13)14-9(7)12)15-6-4-2-1-3-5-6/h1-5,10,13H. The molecule has 15 heavy (non-hydrogen) atoms. The minimum atomic E-state index is -1.18. The van der Waals surface area contributed by atoms with E-state index in [0.717, 1.165) is 4.46 Å². The summed E-state index contributed by atoms with van der Waals surface area (Å²) in [6, 6.07) is 9.55. The number of esters is 1. The summed E-state index contributed by atoms with van der Waals surface area (Å²) >= 11 is 5.56. The van der Waals surface area contributed by atoms with Gasteiger partial charge in [-0.3, -0.25) is 0 Å². The van der Waals surface area contributed by atoms with E-state index >= 15 is 0 Å². The summed E-state index contributed by atoms with van der Waals surface area (Å²) in [5.74, 6) is -0.642. The van der Waals surface area contributed by atoms with Crippen LogP contribution < -0.4 is 4.46 Å². The van der Waals surface area contributed by atoms with Gasteiger partial charge in [0.25, 0.3) is 0 Å². The molecule has 1 heterocycles. The summed E-state index contributed by atoms with van der Waals surface area (Å²) in [6.07, 6.45) is -1.18. The molecule has 1 N–H and O–H groups in total. The fraction of sp³-hybridized carbons (Fsp3) is 0.100. The number of ether oxygens (including phenoxy) is 1. The summed E-state index contributed by atoms with van der Waals surface area (Å²) in [5.41, 5.74) is 0. The summed E-state index contributed by atoms with van der Waals surface area (Å²) < 4.78 is 6.11. The summed E-state index contributed by atoms with van der Waals surface area (Å²) in [6.45, 7) is 0. The van der Waals surface area contributed by atoms with Crippen LogP contribution in [0.15, 0.2) is 39.8 Å². The van der Waals surface area contributed by atoms with Gasteiger partial charge in [-0.05, 0) is 0 Å². The molecule has 0 saturated carbocycles. The molecule has 0 fully saturated rings. The van der Waals surface area contributed by atoms with Gasteiger partial charge < -0.3 is 0 Å². The van der Waals surface area contributed by atoms with Crippen molar-refractivity contribution in [3.05, 3.63) is 39.8 Å². The van der Waals surface area contributed by atoms with E-state index < -0.39 is 12.3 Å². The number of carbonyl (C=O) groups excluding carboxylic acids is 1.